The van der Waals surface area contributed by atoms with Crippen molar-refractivity contribution in [1.82, 2.24) is 5.32 Å². The Labute approximate surface area is 141 Å². The molecular formula is C17H24BrClN2. The fourth-order valence-electron chi connectivity index (χ4n) is 3.75. The molecule has 1 heterocycles. The van der Waals surface area contributed by atoms with Crippen molar-refractivity contribution in [2.45, 2.75) is 44.6 Å². The number of hydrogen-bond donors (Lipinski definition) is 1. The van der Waals surface area contributed by atoms with Crippen LogP contribution in [-0.4, -0.2) is 25.7 Å². The summed E-state index contributed by atoms with van der Waals surface area (Å²) in [7, 11) is 0. The molecule has 1 aliphatic carbocycles. The normalized spacial score (nSPS) is 24.9. The molecule has 116 valence electrons. The molecule has 3 rings (SSSR count). The van der Waals surface area contributed by atoms with E-state index in [-0.39, 0.29) is 0 Å². The SMILES string of the molecule is Clc1ccc(Br)cc1N1CCCNC(C2CCCCC2)C1. The molecule has 2 aliphatic rings. The molecule has 0 bridgehead atoms. The predicted molar refractivity (Wildman–Crippen MR) is 94.3 cm³/mol. The summed E-state index contributed by atoms with van der Waals surface area (Å²) in [4.78, 5) is 2.48. The molecule has 4 heteroatoms. The molecule has 1 aliphatic heterocycles. The Hall–Kier alpha value is -0.250. The lowest BCUT2D eigenvalue weighted by atomic mass is 9.83. The first-order chi connectivity index (χ1) is 10.2. The largest absolute Gasteiger partial charge is 0.369 e. The molecule has 1 aromatic carbocycles. The Kier molecular flexibility index (Phi) is 5.47. The second-order valence-corrected chi connectivity index (χ2v) is 7.68. The molecule has 2 nitrogen and oxygen atoms in total. The Bertz CT molecular complexity index is 474. The lowest BCUT2D eigenvalue weighted by molar-refractivity contribution is 0.277. The van der Waals surface area contributed by atoms with Crippen LogP contribution in [0.3, 0.4) is 0 Å². The zero-order chi connectivity index (χ0) is 14.7. The third-order valence-electron chi connectivity index (χ3n) is 4.90. The zero-order valence-electron chi connectivity index (χ0n) is 12.5. The van der Waals surface area contributed by atoms with Gasteiger partial charge in [-0.15, -0.1) is 0 Å². The molecule has 0 amide bonds. The lowest BCUT2D eigenvalue weighted by Crippen LogP contribution is -2.43. The fraction of sp³-hybridized carbons (Fsp3) is 0.647. The smallest absolute Gasteiger partial charge is 0.0640 e. The molecule has 1 atom stereocenters. The Morgan fingerprint density at radius 3 is 2.76 bits per heavy atom. The van der Waals surface area contributed by atoms with Gasteiger partial charge in [-0.25, -0.2) is 0 Å². The van der Waals surface area contributed by atoms with Crippen LogP contribution in [0.2, 0.25) is 5.02 Å². The average molecular weight is 372 g/mol. The van der Waals surface area contributed by atoms with E-state index in [0.717, 1.165) is 35.0 Å². The first-order valence-electron chi connectivity index (χ1n) is 8.17. The van der Waals surface area contributed by atoms with Crippen LogP contribution in [0.4, 0.5) is 5.69 Å². The minimum absolute atomic E-state index is 0.614. The molecule has 21 heavy (non-hydrogen) atoms. The van der Waals surface area contributed by atoms with Crippen LogP contribution >= 0.6 is 27.5 Å². The molecule has 1 aromatic rings. The van der Waals surface area contributed by atoms with Gasteiger partial charge in [0.05, 0.1) is 10.7 Å². The van der Waals surface area contributed by atoms with Crippen LogP contribution in [0.5, 0.6) is 0 Å². The highest BCUT2D eigenvalue weighted by Crippen LogP contribution is 2.32. The van der Waals surface area contributed by atoms with E-state index >= 15 is 0 Å². The second kappa shape index (κ2) is 7.34. The topological polar surface area (TPSA) is 15.3 Å². The fourth-order valence-corrected chi connectivity index (χ4v) is 4.34. The standard InChI is InChI=1S/C17H24BrClN2/c18-14-7-8-15(19)17(11-14)21-10-4-9-20-16(12-21)13-5-2-1-3-6-13/h7-8,11,13,16,20H,1-6,9-10,12H2. The third kappa shape index (κ3) is 3.94. The Morgan fingerprint density at radius 2 is 1.95 bits per heavy atom. The van der Waals surface area contributed by atoms with Gasteiger partial charge in [0.25, 0.3) is 0 Å². The highest BCUT2D eigenvalue weighted by atomic mass is 79.9. The first-order valence-corrected chi connectivity index (χ1v) is 9.34. The van der Waals surface area contributed by atoms with E-state index in [1.807, 2.05) is 12.1 Å². The average Bonchev–Trinajstić information content (AvgIpc) is 2.76. The maximum Gasteiger partial charge on any atom is 0.0640 e. The highest BCUT2D eigenvalue weighted by Gasteiger charge is 2.27. The summed E-state index contributed by atoms with van der Waals surface area (Å²) in [6.45, 7) is 3.30. The van der Waals surface area contributed by atoms with Crippen LogP contribution in [-0.2, 0) is 0 Å². The van der Waals surface area contributed by atoms with E-state index in [9.17, 15) is 0 Å². The van der Waals surface area contributed by atoms with Crippen molar-refractivity contribution < 1.29 is 0 Å². The maximum absolute atomic E-state index is 6.43. The molecule has 1 N–H and O–H groups in total. The van der Waals surface area contributed by atoms with Crippen LogP contribution in [0.1, 0.15) is 38.5 Å². The molecule has 0 spiro atoms. The molecule has 1 unspecified atom stereocenters. The molecule has 2 fully saturated rings. The van der Waals surface area contributed by atoms with Crippen molar-refractivity contribution in [1.29, 1.82) is 0 Å². The zero-order valence-corrected chi connectivity index (χ0v) is 14.8. The summed E-state index contributed by atoms with van der Waals surface area (Å²) in [6.07, 6.45) is 8.19. The van der Waals surface area contributed by atoms with Crippen LogP contribution in [0.15, 0.2) is 22.7 Å². The van der Waals surface area contributed by atoms with E-state index in [4.69, 9.17) is 11.6 Å². The van der Waals surface area contributed by atoms with Gasteiger partial charge >= 0.3 is 0 Å². The van der Waals surface area contributed by atoms with Crippen molar-refractivity contribution in [3.63, 3.8) is 0 Å². The Balaban J connectivity index is 1.76. The van der Waals surface area contributed by atoms with E-state index < -0.39 is 0 Å². The number of halogens is 2. The second-order valence-electron chi connectivity index (χ2n) is 6.35. The number of rotatable bonds is 2. The van der Waals surface area contributed by atoms with Crippen molar-refractivity contribution >= 4 is 33.2 Å². The monoisotopic (exact) mass is 370 g/mol. The van der Waals surface area contributed by atoms with Gasteiger partial charge in [0.15, 0.2) is 0 Å². The van der Waals surface area contributed by atoms with Gasteiger partial charge in [0.1, 0.15) is 0 Å². The van der Waals surface area contributed by atoms with Crippen molar-refractivity contribution in [3.05, 3.63) is 27.7 Å². The van der Waals surface area contributed by atoms with Gasteiger partial charge in [0, 0.05) is 23.6 Å². The first kappa shape index (κ1) is 15.6. The van der Waals surface area contributed by atoms with Gasteiger partial charge in [-0.2, -0.15) is 0 Å². The minimum Gasteiger partial charge on any atom is -0.369 e. The molecule has 0 aromatic heterocycles. The predicted octanol–water partition coefficient (Wildman–Crippen LogP) is 4.85. The molecular weight excluding hydrogens is 348 g/mol. The number of nitrogens with zero attached hydrogens (tertiary/aromatic N) is 1. The van der Waals surface area contributed by atoms with Gasteiger partial charge < -0.3 is 10.2 Å². The molecule has 0 radical (unpaired) electrons. The summed E-state index contributed by atoms with van der Waals surface area (Å²) >= 11 is 10.0. The van der Waals surface area contributed by atoms with Crippen LogP contribution < -0.4 is 10.2 Å². The third-order valence-corrected chi connectivity index (χ3v) is 5.71. The van der Waals surface area contributed by atoms with Gasteiger partial charge in [-0.1, -0.05) is 46.8 Å². The number of benzene rings is 1. The van der Waals surface area contributed by atoms with Gasteiger partial charge in [0.2, 0.25) is 0 Å². The van der Waals surface area contributed by atoms with Crippen molar-refractivity contribution in [2.24, 2.45) is 5.92 Å². The van der Waals surface area contributed by atoms with Gasteiger partial charge in [-0.3, -0.25) is 0 Å². The summed E-state index contributed by atoms with van der Waals surface area (Å²) in [5.41, 5.74) is 1.18. The summed E-state index contributed by atoms with van der Waals surface area (Å²) < 4.78 is 1.10. The van der Waals surface area contributed by atoms with Crippen LogP contribution in [0.25, 0.3) is 0 Å². The summed E-state index contributed by atoms with van der Waals surface area (Å²) in [6, 6.07) is 6.78. The van der Waals surface area contributed by atoms with E-state index in [1.54, 1.807) is 0 Å². The summed E-state index contributed by atoms with van der Waals surface area (Å²) in [5, 5.41) is 4.65. The summed E-state index contributed by atoms with van der Waals surface area (Å²) in [5.74, 6) is 0.838. The number of hydrogen-bond acceptors (Lipinski definition) is 2. The minimum atomic E-state index is 0.614. The maximum atomic E-state index is 6.43. The van der Waals surface area contributed by atoms with E-state index in [2.05, 4.69) is 32.2 Å². The molecule has 1 saturated heterocycles. The number of nitrogens with one attached hydrogen (secondary N) is 1. The highest BCUT2D eigenvalue weighted by molar-refractivity contribution is 9.10. The van der Waals surface area contributed by atoms with E-state index in [0.29, 0.717) is 6.04 Å². The van der Waals surface area contributed by atoms with Crippen molar-refractivity contribution in [3.8, 4) is 0 Å². The quantitative estimate of drug-likeness (QED) is 0.799. The number of anilines is 1. The Morgan fingerprint density at radius 1 is 1.14 bits per heavy atom. The molecule has 1 saturated carbocycles. The van der Waals surface area contributed by atoms with Gasteiger partial charge in [-0.05, 0) is 49.9 Å². The van der Waals surface area contributed by atoms with Crippen molar-refractivity contribution in [2.75, 3.05) is 24.5 Å². The lowest BCUT2D eigenvalue weighted by Gasteiger charge is -2.34. The van der Waals surface area contributed by atoms with Crippen LogP contribution in [0, 0.1) is 5.92 Å². The van der Waals surface area contributed by atoms with E-state index in [1.165, 1.54) is 44.2 Å².